The molecule has 8 heteroatoms. The first-order valence-electron chi connectivity index (χ1n) is 10.8. The number of aliphatic hydroxyl groups is 1. The lowest BCUT2D eigenvalue weighted by Gasteiger charge is -2.42. The van der Waals surface area contributed by atoms with Crippen molar-refractivity contribution < 1.29 is 24.1 Å². The maximum absolute atomic E-state index is 10.4. The van der Waals surface area contributed by atoms with Crippen LogP contribution in [0.3, 0.4) is 0 Å². The highest BCUT2D eigenvalue weighted by atomic mass is 16.6. The molecule has 0 amide bonds. The van der Waals surface area contributed by atoms with Gasteiger partial charge in [-0.2, -0.15) is 0 Å². The van der Waals surface area contributed by atoms with Crippen LogP contribution in [0.1, 0.15) is 18.1 Å². The second-order valence-corrected chi connectivity index (χ2v) is 8.01. The predicted molar refractivity (Wildman–Crippen MR) is 124 cm³/mol. The van der Waals surface area contributed by atoms with E-state index in [4.69, 9.17) is 24.5 Å². The number of hydrogen-bond acceptors (Lipinski definition) is 6. The van der Waals surface area contributed by atoms with Crippen LogP contribution in [-0.4, -0.2) is 42.9 Å². The number of methoxy groups -OCH3 is 1. The summed E-state index contributed by atoms with van der Waals surface area (Å²) in [6, 6.07) is 20.8. The standard InChI is InChI=1S/C25H27N3O5/c1-16-23(31-15-18-7-10-19-5-3-4-6-20(19)13-18)24(22(27-28-26)25(29)33-16)32-14-17-8-11-21(30-2)12-9-17/h3-13,16,22-25,29H,14-15H2,1-2H3/t16?,22-,23-,24?,25+/m0/s1. The van der Waals surface area contributed by atoms with E-state index in [1.807, 2.05) is 49.4 Å². The molecule has 0 saturated carbocycles. The number of aliphatic hydroxyl groups excluding tert-OH is 1. The summed E-state index contributed by atoms with van der Waals surface area (Å²) < 4.78 is 23.2. The van der Waals surface area contributed by atoms with E-state index < -0.39 is 30.6 Å². The molecule has 0 bridgehead atoms. The molecule has 5 atom stereocenters. The first-order valence-corrected chi connectivity index (χ1v) is 10.8. The number of ether oxygens (including phenoxy) is 4. The van der Waals surface area contributed by atoms with E-state index in [1.54, 1.807) is 7.11 Å². The van der Waals surface area contributed by atoms with E-state index in [0.29, 0.717) is 6.61 Å². The van der Waals surface area contributed by atoms with Crippen LogP contribution in [-0.2, 0) is 27.4 Å². The van der Waals surface area contributed by atoms with Crippen molar-refractivity contribution in [2.45, 2.75) is 50.8 Å². The van der Waals surface area contributed by atoms with Crippen molar-refractivity contribution >= 4 is 10.8 Å². The Balaban J connectivity index is 1.51. The summed E-state index contributed by atoms with van der Waals surface area (Å²) in [5.74, 6) is 0.748. The minimum atomic E-state index is -1.28. The highest BCUT2D eigenvalue weighted by Gasteiger charge is 2.45. The number of azide groups is 1. The molecule has 1 fully saturated rings. The molecule has 0 spiro atoms. The number of benzene rings is 3. The third-order valence-electron chi connectivity index (χ3n) is 5.81. The van der Waals surface area contributed by atoms with Gasteiger partial charge in [0.15, 0.2) is 6.29 Å². The topological polar surface area (TPSA) is 106 Å². The Bertz CT molecular complexity index is 1120. The van der Waals surface area contributed by atoms with Crippen LogP contribution in [0.2, 0.25) is 0 Å². The van der Waals surface area contributed by atoms with E-state index >= 15 is 0 Å². The maximum atomic E-state index is 10.4. The van der Waals surface area contributed by atoms with Gasteiger partial charge in [-0.05, 0) is 52.6 Å². The fourth-order valence-corrected chi connectivity index (χ4v) is 4.04. The zero-order valence-electron chi connectivity index (χ0n) is 18.6. The molecule has 1 aliphatic rings. The van der Waals surface area contributed by atoms with Crippen LogP contribution < -0.4 is 4.74 Å². The predicted octanol–water partition coefficient (Wildman–Crippen LogP) is 4.74. The Morgan fingerprint density at radius 1 is 0.939 bits per heavy atom. The molecule has 3 aromatic carbocycles. The van der Waals surface area contributed by atoms with Crippen molar-refractivity contribution in [1.29, 1.82) is 0 Å². The Morgan fingerprint density at radius 3 is 2.33 bits per heavy atom. The van der Waals surface area contributed by atoms with Gasteiger partial charge < -0.3 is 24.1 Å². The van der Waals surface area contributed by atoms with E-state index in [2.05, 4.69) is 34.3 Å². The second-order valence-electron chi connectivity index (χ2n) is 8.01. The van der Waals surface area contributed by atoms with Gasteiger partial charge in [0.05, 0.1) is 26.4 Å². The number of nitrogens with zero attached hydrogens (tertiary/aromatic N) is 3. The summed E-state index contributed by atoms with van der Waals surface area (Å²) in [6.07, 6.45) is -2.99. The summed E-state index contributed by atoms with van der Waals surface area (Å²) in [4.78, 5) is 2.88. The molecule has 4 rings (SSSR count). The third-order valence-corrected chi connectivity index (χ3v) is 5.81. The largest absolute Gasteiger partial charge is 0.497 e. The first-order chi connectivity index (χ1) is 16.1. The van der Waals surface area contributed by atoms with Crippen molar-refractivity contribution in [1.82, 2.24) is 0 Å². The van der Waals surface area contributed by atoms with Gasteiger partial charge in [0.25, 0.3) is 0 Å². The average molecular weight is 450 g/mol. The van der Waals surface area contributed by atoms with Crippen molar-refractivity contribution in [2.75, 3.05) is 7.11 Å². The molecule has 1 N–H and O–H groups in total. The SMILES string of the molecule is COc1ccc(COC2[C@@H](OCc3ccc4ccccc4c3)C(C)O[C@@H](O)[C@H]2N=[N+]=[N-])cc1. The molecule has 1 saturated heterocycles. The Hall–Kier alpha value is -3.13. The normalized spacial score (nSPS) is 24.9. The van der Waals surface area contributed by atoms with Crippen LogP contribution in [0.4, 0.5) is 0 Å². The zero-order valence-corrected chi connectivity index (χ0v) is 18.6. The molecule has 3 aromatic rings. The molecule has 2 unspecified atom stereocenters. The van der Waals surface area contributed by atoms with Crippen LogP contribution in [0.5, 0.6) is 5.75 Å². The lowest BCUT2D eigenvalue weighted by atomic mass is 9.97. The van der Waals surface area contributed by atoms with Gasteiger partial charge in [0, 0.05) is 4.91 Å². The lowest BCUT2D eigenvalue weighted by molar-refractivity contribution is -0.260. The number of hydrogen-bond donors (Lipinski definition) is 1. The molecule has 1 aliphatic heterocycles. The van der Waals surface area contributed by atoms with Gasteiger partial charge in [-0.3, -0.25) is 0 Å². The van der Waals surface area contributed by atoms with Crippen molar-refractivity contribution in [3.05, 3.63) is 88.3 Å². The van der Waals surface area contributed by atoms with E-state index in [9.17, 15) is 5.11 Å². The first kappa shape index (κ1) is 23.0. The highest BCUT2D eigenvalue weighted by molar-refractivity contribution is 5.82. The second kappa shape index (κ2) is 10.7. The molecular weight excluding hydrogens is 422 g/mol. The van der Waals surface area contributed by atoms with Gasteiger partial charge in [-0.25, -0.2) is 0 Å². The summed E-state index contributed by atoms with van der Waals surface area (Å²) in [5, 5.41) is 16.4. The molecule has 0 aliphatic carbocycles. The van der Waals surface area contributed by atoms with Crippen molar-refractivity contribution in [2.24, 2.45) is 5.11 Å². The van der Waals surface area contributed by atoms with E-state index in [-0.39, 0.29) is 6.61 Å². The van der Waals surface area contributed by atoms with E-state index in [1.165, 1.54) is 0 Å². The molecule has 33 heavy (non-hydrogen) atoms. The van der Waals surface area contributed by atoms with Crippen LogP contribution >= 0.6 is 0 Å². The minimum absolute atomic E-state index is 0.251. The monoisotopic (exact) mass is 449 g/mol. The zero-order chi connectivity index (χ0) is 23.2. The summed E-state index contributed by atoms with van der Waals surface area (Å²) in [6.45, 7) is 2.39. The quantitative estimate of drug-likeness (QED) is 0.304. The highest BCUT2D eigenvalue weighted by Crippen LogP contribution is 2.29. The smallest absolute Gasteiger partial charge is 0.166 e. The third kappa shape index (κ3) is 5.45. The Labute approximate surface area is 192 Å². The summed E-state index contributed by atoms with van der Waals surface area (Å²) in [7, 11) is 1.61. The van der Waals surface area contributed by atoms with Gasteiger partial charge in [0.1, 0.15) is 24.0 Å². The molecule has 0 aromatic heterocycles. The number of rotatable bonds is 8. The van der Waals surface area contributed by atoms with Crippen molar-refractivity contribution in [3.63, 3.8) is 0 Å². The fourth-order valence-electron chi connectivity index (χ4n) is 4.04. The Morgan fingerprint density at radius 2 is 1.61 bits per heavy atom. The lowest BCUT2D eigenvalue weighted by Crippen LogP contribution is -2.57. The van der Waals surface area contributed by atoms with Crippen LogP contribution in [0.25, 0.3) is 21.2 Å². The van der Waals surface area contributed by atoms with Gasteiger partial charge in [-0.15, -0.1) is 0 Å². The Kier molecular flexibility index (Phi) is 7.44. The van der Waals surface area contributed by atoms with Crippen LogP contribution in [0, 0.1) is 0 Å². The maximum Gasteiger partial charge on any atom is 0.166 e. The summed E-state index contributed by atoms with van der Waals surface area (Å²) in [5.41, 5.74) is 11.0. The molecule has 0 radical (unpaired) electrons. The molecule has 172 valence electrons. The average Bonchev–Trinajstić information content (AvgIpc) is 2.84. The fraction of sp³-hybridized carbons (Fsp3) is 0.360. The van der Waals surface area contributed by atoms with Gasteiger partial charge in [-0.1, -0.05) is 53.6 Å². The minimum Gasteiger partial charge on any atom is -0.497 e. The molecule has 8 nitrogen and oxygen atoms in total. The molecule has 1 heterocycles. The number of fused-ring (bicyclic) bond motifs is 1. The summed E-state index contributed by atoms with van der Waals surface area (Å²) >= 11 is 0. The van der Waals surface area contributed by atoms with Gasteiger partial charge in [0.2, 0.25) is 0 Å². The van der Waals surface area contributed by atoms with Crippen LogP contribution in [0.15, 0.2) is 71.8 Å². The van der Waals surface area contributed by atoms with E-state index in [0.717, 1.165) is 27.6 Å². The van der Waals surface area contributed by atoms with Crippen molar-refractivity contribution in [3.8, 4) is 5.75 Å². The molecular formula is C25H27N3O5. The van der Waals surface area contributed by atoms with Gasteiger partial charge >= 0.3 is 0 Å².